The molecule has 0 aliphatic carbocycles. The van der Waals surface area contributed by atoms with E-state index in [-0.39, 0.29) is 0 Å². The van der Waals surface area contributed by atoms with E-state index < -0.39 is 8.07 Å². The van der Waals surface area contributed by atoms with Crippen molar-refractivity contribution in [3.05, 3.63) is 9.47 Å². The summed E-state index contributed by atoms with van der Waals surface area (Å²) in [5, 5.41) is 0. The molecular weight excluding hydrogens is 260 g/mol. The largest absolute Gasteiger partial charge is 0.0693 e. The summed E-state index contributed by atoms with van der Waals surface area (Å²) in [6.07, 6.45) is 2.19. The van der Waals surface area contributed by atoms with E-state index in [0.717, 1.165) is 3.39 Å². The van der Waals surface area contributed by atoms with Crippen LogP contribution in [0.4, 0.5) is 0 Å². The van der Waals surface area contributed by atoms with Crippen LogP contribution >= 0.6 is 31.9 Å². The first kappa shape index (κ1) is 9.92. The number of allylic oxidation sites excluding steroid dienone is 1. The van der Waals surface area contributed by atoms with E-state index in [1.807, 2.05) is 0 Å². The van der Waals surface area contributed by atoms with Crippen molar-refractivity contribution in [3.63, 3.8) is 0 Å². The van der Waals surface area contributed by atoms with Crippen LogP contribution in [0.3, 0.4) is 0 Å². The molecule has 0 spiro atoms. The Hall–Kier alpha value is 0.917. The highest BCUT2D eigenvalue weighted by Crippen LogP contribution is 2.18. The fraction of sp³-hybridized carbons (Fsp3) is 0.667. The van der Waals surface area contributed by atoms with E-state index in [1.165, 1.54) is 6.04 Å². The Bertz CT molecular complexity index is 109. The Labute approximate surface area is 75.0 Å². The van der Waals surface area contributed by atoms with Crippen LogP contribution in [0.25, 0.3) is 0 Å². The van der Waals surface area contributed by atoms with Gasteiger partial charge in [0.05, 0.1) is 3.39 Å². The van der Waals surface area contributed by atoms with Crippen molar-refractivity contribution in [2.75, 3.05) is 0 Å². The summed E-state index contributed by atoms with van der Waals surface area (Å²) < 4.78 is 1.08. The summed E-state index contributed by atoms with van der Waals surface area (Å²) >= 11 is 6.65. The maximum Gasteiger partial charge on any atom is 0.0561 e. The quantitative estimate of drug-likeness (QED) is 0.667. The molecule has 0 rings (SSSR count). The highest BCUT2D eigenvalue weighted by Gasteiger charge is 2.09. The molecule has 0 nitrogen and oxygen atoms in total. The smallest absolute Gasteiger partial charge is 0.0561 e. The lowest BCUT2D eigenvalue weighted by Gasteiger charge is -2.11. The second kappa shape index (κ2) is 3.94. The van der Waals surface area contributed by atoms with Gasteiger partial charge < -0.3 is 0 Å². The second-order valence-corrected chi connectivity index (χ2v) is 11.6. The standard InChI is InChI=1S/C6H12Br2Si/c1-9(2,3)5-4-6(7)8/h4H,5H2,1-3H3. The topological polar surface area (TPSA) is 0 Å². The molecule has 0 aliphatic rings. The minimum absolute atomic E-state index is 0.856. The van der Waals surface area contributed by atoms with E-state index in [0.29, 0.717) is 0 Å². The maximum atomic E-state index is 3.33. The molecule has 0 aromatic carbocycles. The van der Waals surface area contributed by atoms with E-state index in [4.69, 9.17) is 0 Å². The highest BCUT2D eigenvalue weighted by atomic mass is 79.9. The van der Waals surface area contributed by atoms with Gasteiger partial charge in [-0.15, -0.1) is 0 Å². The van der Waals surface area contributed by atoms with Crippen LogP contribution in [0.1, 0.15) is 0 Å². The molecule has 54 valence electrons. The van der Waals surface area contributed by atoms with Crippen LogP contribution in [0.2, 0.25) is 25.7 Å². The minimum Gasteiger partial charge on any atom is -0.0693 e. The molecule has 0 saturated heterocycles. The molecule has 0 saturated carbocycles. The average Bonchev–Trinajstić information content (AvgIpc) is 1.59. The van der Waals surface area contributed by atoms with Gasteiger partial charge in [-0.05, 0) is 37.9 Å². The van der Waals surface area contributed by atoms with Crippen LogP contribution in [-0.2, 0) is 0 Å². The molecule has 0 unspecified atom stereocenters. The monoisotopic (exact) mass is 270 g/mol. The number of rotatable bonds is 2. The molecule has 0 aromatic rings. The third-order valence-electron chi connectivity index (χ3n) is 0.869. The van der Waals surface area contributed by atoms with Gasteiger partial charge in [0.2, 0.25) is 0 Å². The van der Waals surface area contributed by atoms with E-state index in [1.54, 1.807) is 0 Å². The lowest BCUT2D eigenvalue weighted by molar-refractivity contribution is 1.52. The molecule has 0 atom stereocenters. The zero-order chi connectivity index (χ0) is 7.49. The summed E-state index contributed by atoms with van der Waals surface area (Å²) in [5.41, 5.74) is 0. The Morgan fingerprint density at radius 1 is 1.33 bits per heavy atom. The van der Waals surface area contributed by atoms with Crippen molar-refractivity contribution in [1.82, 2.24) is 0 Å². The summed E-state index contributed by atoms with van der Waals surface area (Å²) in [6, 6.07) is 1.23. The van der Waals surface area contributed by atoms with Crippen LogP contribution in [-0.4, -0.2) is 8.07 Å². The maximum absolute atomic E-state index is 3.33. The zero-order valence-electron chi connectivity index (χ0n) is 6.04. The van der Waals surface area contributed by atoms with Crippen LogP contribution in [0, 0.1) is 0 Å². The molecule has 0 N–H and O–H groups in total. The van der Waals surface area contributed by atoms with E-state index in [2.05, 4.69) is 57.6 Å². The molecule has 0 fully saturated rings. The predicted molar refractivity (Wildman–Crippen MR) is 54.1 cm³/mol. The Morgan fingerprint density at radius 3 is 1.89 bits per heavy atom. The number of hydrogen-bond donors (Lipinski definition) is 0. The van der Waals surface area contributed by atoms with E-state index >= 15 is 0 Å². The SMILES string of the molecule is C[Si](C)(C)CC=C(Br)Br. The van der Waals surface area contributed by atoms with Gasteiger partial charge in [0.25, 0.3) is 0 Å². The molecule has 3 heteroatoms. The lowest BCUT2D eigenvalue weighted by Crippen LogP contribution is -2.17. The van der Waals surface area contributed by atoms with Gasteiger partial charge in [0.15, 0.2) is 0 Å². The van der Waals surface area contributed by atoms with Crippen LogP contribution < -0.4 is 0 Å². The summed E-state index contributed by atoms with van der Waals surface area (Å²) in [7, 11) is -0.856. The normalized spacial score (nSPS) is 11.2. The Kier molecular flexibility index (Phi) is 4.34. The molecule has 0 radical (unpaired) electrons. The van der Waals surface area contributed by atoms with Crippen LogP contribution in [0.5, 0.6) is 0 Å². The average molecular weight is 272 g/mol. The summed E-state index contributed by atoms with van der Waals surface area (Å²) in [4.78, 5) is 0. The second-order valence-electron chi connectivity index (χ2n) is 3.26. The van der Waals surface area contributed by atoms with Gasteiger partial charge in [0, 0.05) is 8.07 Å². The van der Waals surface area contributed by atoms with Crippen molar-refractivity contribution < 1.29 is 0 Å². The zero-order valence-corrected chi connectivity index (χ0v) is 10.2. The van der Waals surface area contributed by atoms with Gasteiger partial charge in [-0.25, -0.2) is 0 Å². The molecule has 0 heterocycles. The Balaban J connectivity index is 3.64. The van der Waals surface area contributed by atoms with Gasteiger partial charge >= 0.3 is 0 Å². The van der Waals surface area contributed by atoms with E-state index in [9.17, 15) is 0 Å². The van der Waals surface area contributed by atoms with Crippen molar-refractivity contribution in [1.29, 1.82) is 0 Å². The molecule has 9 heavy (non-hydrogen) atoms. The minimum atomic E-state index is -0.856. The first-order valence-corrected chi connectivity index (χ1v) is 8.22. The third-order valence-corrected chi connectivity index (χ3v) is 2.95. The van der Waals surface area contributed by atoms with Crippen molar-refractivity contribution in [2.45, 2.75) is 25.7 Å². The first-order valence-electron chi connectivity index (χ1n) is 2.93. The predicted octanol–water partition coefficient (Wildman–Crippen LogP) is 3.96. The number of halogens is 2. The fourth-order valence-corrected chi connectivity index (χ4v) is 2.12. The van der Waals surface area contributed by atoms with Gasteiger partial charge in [-0.2, -0.15) is 0 Å². The van der Waals surface area contributed by atoms with Gasteiger partial charge in [-0.1, -0.05) is 25.7 Å². The van der Waals surface area contributed by atoms with Gasteiger partial charge in [-0.3, -0.25) is 0 Å². The molecule has 0 aromatic heterocycles. The molecule has 0 bridgehead atoms. The lowest BCUT2D eigenvalue weighted by atomic mass is 10.8. The van der Waals surface area contributed by atoms with Crippen LogP contribution in [0.15, 0.2) is 9.47 Å². The highest BCUT2D eigenvalue weighted by molar-refractivity contribution is 9.28. The Morgan fingerprint density at radius 2 is 1.78 bits per heavy atom. The molecular formula is C6H12Br2Si. The number of hydrogen-bond acceptors (Lipinski definition) is 0. The summed E-state index contributed by atoms with van der Waals surface area (Å²) in [6.45, 7) is 7.06. The van der Waals surface area contributed by atoms with Gasteiger partial charge in [0.1, 0.15) is 0 Å². The van der Waals surface area contributed by atoms with Crippen molar-refractivity contribution in [3.8, 4) is 0 Å². The molecule has 0 aliphatic heterocycles. The third kappa shape index (κ3) is 8.92. The summed E-state index contributed by atoms with van der Waals surface area (Å²) in [5.74, 6) is 0. The van der Waals surface area contributed by atoms with Crippen molar-refractivity contribution >= 4 is 39.9 Å². The van der Waals surface area contributed by atoms with Crippen molar-refractivity contribution in [2.24, 2.45) is 0 Å². The fourth-order valence-electron chi connectivity index (χ4n) is 0.383. The first-order chi connectivity index (χ1) is 3.92. The molecule has 0 amide bonds.